The van der Waals surface area contributed by atoms with Crippen LogP contribution in [0, 0.1) is 10.1 Å². The Hall–Kier alpha value is -2.41. The predicted molar refractivity (Wildman–Crippen MR) is 76.1 cm³/mol. The van der Waals surface area contributed by atoms with E-state index in [0.29, 0.717) is 24.3 Å². The zero-order valence-corrected chi connectivity index (χ0v) is 11.9. The lowest BCUT2D eigenvalue weighted by molar-refractivity contribution is -0.385. The first-order chi connectivity index (χ1) is 9.97. The van der Waals surface area contributed by atoms with Crippen molar-refractivity contribution in [2.24, 2.45) is 7.05 Å². The molecular formula is C14H17N3O4. The number of hydrogen-bond donors (Lipinski definition) is 1. The van der Waals surface area contributed by atoms with E-state index in [9.17, 15) is 15.2 Å². The van der Waals surface area contributed by atoms with Gasteiger partial charge in [0.15, 0.2) is 0 Å². The van der Waals surface area contributed by atoms with E-state index in [1.165, 1.54) is 18.2 Å². The van der Waals surface area contributed by atoms with Crippen molar-refractivity contribution in [3.8, 4) is 5.75 Å². The fourth-order valence-electron chi connectivity index (χ4n) is 1.99. The third-order valence-corrected chi connectivity index (χ3v) is 3.06. The Morgan fingerprint density at radius 2 is 2.29 bits per heavy atom. The molecule has 21 heavy (non-hydrogen) atoms. The summed E-state index contributed by atoms with van der Waals surface area (Å²) in [7, 11) is 1.84. The standard InChI is InChI=1S/C14H17N3O4/c1-10(18)13-7-12(17(19)20)3-4-14(13)21-6-5-11-8-15-16(2)9-11/h3-4,7-10,18H,5-6H2,1-2H3/t10-/m1/s1. The first-order valence-electron chi connectivity index (χ1n) is 6.54. The van der Waals surface area contributed by atoms with Gasteiger partial charge in [0.2, 0.25) is 0 Å². The monoisotopic (exact) mass is 291 g/mol. The highest BCUT2D eigenvalue weighted by Crippen LogP contribution is 2.29. The average molecular weight is 291 g/mol. The van der Waals surface area contributed by atoms with Crippen LogP contribution in [0.15, 0.2) is 30.6 Å². The maximum Gasteiger partial charge on any atom is 0.270 e. The molecule has 0 aliphatic rings. The zero-order chi connectivity index (χ0) is 15.4. The minimum atomic E-state index is -0.835. The van der Waals surface area contributed by atoms with Gasteiger partial charge in [-0.2, -0.15) is 5.10 Å². The molecule has 0 fully saturated rings. The second-order valence-electron chi connectivity index (χ2n) is 4.78. The van der Waals surface area contributed by atoms with Crippen LogP contribution in [0.2, 0.25) is 0 Å². The predicted octanol–water partition coefficient (Wildman–Crippen LogP) is 2.00. The van der Waals surface area contributed by atoms with E-state index in [1.54, 1.807) is 17.8 Å². The summed E-state index contributed by atoms with van der Waals surface area (Å²) >= 11 is 0. The van der Waals surface area contributed by atoms with Crippen LogP contribution in [-0.4, -0.2) is 26.4 Å². The highest BCUT2D eigenvalue weighted by Gasteiger charge is 2.15. The molecule has 1 aromatic carbocycles. The Bertz CT molecular complexity index is 637. The number of benzene rings is 1. The Morgan fingerprint density at radius 1 is 1.52 bits per heavy atom. The first kappa shape index (κ1) is 15.0. The normalized spacial score (nSPS) is 12.1. The lowest BCUT2D eigenvalue weighted by atomic mass is 10.1. The number of nitro benzene ring substituents is 1. The van der Waals surface area contributed by atoms with Gasteiger partial charge in [0.25, 0.3) is 5.69 Å². The second kappa shape index (κ2) is 6.36. The van der Waals surface area contributed by atoms with Crippen molar-refractivity contribution in [2.45, 2.75) is 19.4 Å². The number of aromatic nitrogens is 2. The summed E-state index contributed by atoms with van der Waals surface area (Å²) in [6.07, 6.45) is 3.49. The molecule has 0 unspecified atom stereocenters. The SMILES string of the molecule is C[C@@H](O)c1cc([N+](=O)[O-])ccc1OCCc1cnn(C)c1. The van der Waals surface area contributed by atoms with Crippen LogP contribution in [0.3, 0.4) is 0 Å². The third-order valence-electron chi connectivity index (χ3n) is 3.06. The van der Waals surface area contributed by atoms with Crippen molar-refractivity contribution in [3.63, 3.8) is 0 Å². The summed E-state index contributed by atoms with van der Waals surface area (Å²) in [6.45, 7) is 1.95. The van der Waals surface area contributed by atoms with Crippen molar-refractivity contribution in [2.75, 3.05) is 6.61 Å². The van der Waals surface area contributed by atoms with Gasteiger partial charge in [0, 0.05) is 37.4 Å². The Labute approximate surface area is 121 Å². The number of nitrogens with zero attached hydrogens (tertiary/aromatic N) is 3. The van der Waals surface area contributed by atoms with Crippen molar-refractivity contribution in [3.05, 3.63) is 51.8 Å². The number of aliphatic hydroxyl groups excluding tert-OH is 1. The van der Waals surface area contributed by atoms with Gasteiger partial charge < -0.3 is 9.84 Å². The molecule has 0 bridgehead atoms. The Morgan fingerprint density at radius 3 is 2.86 bits per heavy atom. The number of aryl methyl sites for hydroxylation is 1. The molecule has 7 nitrogen and oxygen atoms in total. The summed E-state index contributed by atoms with van der Waals surface area (Å²) in [5.74, 6) is 0.458. The Kier molecular flexibility index (Phi) is 4.54. The lowest BCUT2D eigenvalue weighted by Crippen LogP contribution is -2.05. The topological polar surface area (TPSA) is 90.4 Å². The molecule has 0 saturated heterocycles. The molecule has 2 aromatic rings. The van der Waals surface area contributed by atoms with E-state index in [4.69, 9.17) is 4.74 Å². The van der Waals surface area contributed by atoms with Gasteiger partial charge >= 0.3 is 0 Å². The highest BCUT2D eigenvalue weighted by molar-refractivity contribution is 5.44. The molecule has 1 N–H and O–H groups in total. The van der Waals surface area contributed by atoms with Crippen molar-refractivity contribution < 1.29 is 14.8 Å². The van der Waals surface area contributed by atoms with Crippen LogP contribution in [0.1, 0.15) is 24.2 Å². The van der Waals surface area contributed by atoms with Gasteiger partial charge in [-0.3, -0.25) is 14.8 Å². The molecule has 0 amide bonds. The minimum absolute atomic E-state index is 0.0643. The molecule has 0 radical (unpaired) electrons. The molecule has 1 heterocycles. The molecule has 7 heteroatoms. The fourth-order valence-corrected chi connectivity index (χ4v) is 1.99. The molecule has 2 rings (SSSR count). The largest absolute Gasteiger partial charge is 0.493 e. The van der Waals surface area contributed by atoms with E-state index < -0.39 is 11.0 Å². The van der Waals surface area contributed by atoms with E-state index in [1.807, 2.05) is 13.2 Å². The zero-order valence-electron chi connectivity index (χ0n) is 11.9. The molecule has 0 saturated carbocycles. The maximum atomic E-state index is 10.8. The van der Waals surface area contributed by atoms with Crippen LogP contribution in [0.5, 0.6) is 5.75 Å². The molecule has 0 spiro atoms. The fraction of sp³-hybridized carbons (Fsp3) is 0.357. The van der Waals surface area contributed by atoms with E-state index in [0.717, 1.165) is 5.56 Å². The van der Waals surface area contributed by atoms with E-state index in [2.05, 4.69) is 5.10 Å². The third kappa shape index (κ3) is 3.79. The first-order valence-corrected chi connectivity index (χ1v) is 6.54. The maximum absolute atomic E-state index is 10.8. The summed E-state index contributed by atoms with van der Waals surface area (Å²) in [4.78, 5) is 10.3. The number of aliphatic hydroxyl groups is 1. The van der Waals surface area contributed by atoms with E-state index in [-0.39, 0.29) is 5.69 Å². The number of hydrogen-bond acceptors (Lipinski definition) is 5. The van der Waals surface area contributed by atoms with Gasteiger partial charge in [-0.15, -0.1) is 0 Å². The average Bonchev–Trinajstić information content (AvgIpc) is 2.84. The second-order valence-corrected chi connectivity index (χ2v) is 4.78. The summed E-state index contributed by atoms with van der Waals surface area (Å²) in [6, 6.07) is 4.22. The summed E-state index contributed by atoms with van der Waals surface area (Å²) in [5, 5.41) is 24.5. The summed E-state index contributed by atoms with van der Waals surface area (Å²) in [5.41, 5.74) is 1.39. The number of rotatable bonds is 6. The van der Waals surface area contributed by atoms with Crippen LogP contribution < -0.4 is 4.74 Å². The molecule has 1 aromatic heterocycles. The number of ether oxygens (including phenoxy) is 1. The van der Waals surface area contributed by atoms with Gasteiger partial charge in [-0.05, 0) is 18.6 Å². The van der Waals surface area contributed by atoms with Crippen molar-refractivity contribution in [1.29, 1.82) is 0 Å². The smallest absolute Gasteiger partial charge is 0.270 e. The van der Waals surface area contributed by atoms with Crippen LogP contribution in [0.4, 0.5) is 5.69 Å². The quantitative estimate of drug-likeness (QED) is 0.649. The number of nitro groups is 1. The van der Waals surface area contributed by atoms with Gasteiger partial charge in [-0.25, -0.2) is 0 Å². The molecule has 0 aliphatic heterocycles. The highest BCUT2D eigenvalue weighted by atomic mass is 16.6. The minimum Gasteiger partial charge on any atom is -0.493 e. The van der Waals surface area contributed by atoms with Crippen LogP contribution in [0.25, 0.3) is 0 Å². The molecule has 112 valence electrons. The van der Waals surface area contributed by atoms with Crippen molar-refractivity contribution >= 4 is 5.69 Å². The van der Waals surface area contributed by atoms with Gasteiger partial charge in [0.05, 0.1) is 23.8 Å². The number of non-ortho nitro benzene ring substituents is 1. The van der Waals surface area contributed by atoms with Crippen LogP contribution >= 0.6 is 0 Å². The lowest BCUT2D eigenvalue weighted by Gasteiger charge is -2.13. The molecular weight excluding hydrogens is 274 g/mol. The Balaban J connectivity index is 2.06. The van der Waals surface area contributed by atoms with Gasteiger partial charge in [-0.1, -0.05) is 0 Å². The summed E-state index contributed by atoms with van der Waals surface area (Å²) < 4.78 is 7.34. The van der Waals surface area contributed by atoms with Crippen LogP contribution in [-0.2, 0) is 13.5 Å². The molecule has 0 aliphatic carbocycles. The van der Waals surface area contributed by atoms with Crippen molar-refractivity contribution in [1.82, 2.24) is 9.78 Å². The molecule has 1 atom stereocenters. The van der Waals surface area contributed by atoms with E-state index >= 15 is 0 Å². The van der Waals surface area contributed by atoms with Gasteiger partial charge in [0.1, 0.15) is 5.75 Å².